The Labute approximate surface area is 144 Å². The van der Waals surface area contributed by atoms with Crippen molar-refractivity contribution in [1.82, 2.24) is 0 Å². The van der Waals surface area contributed by atoms with Gasteiger partial charge < -0.3 is 23.0 Å². The minimum Gasteiger partial charge on any atom is -0.353 e. The Kier molecular flexibility index (Phi) is 7.95. The minimum atomic E-state index is -3.61. The Hall–Kier alpha value is 0.260. The summed E-state index contributed by atoms with van der Waals surface area (Å²) >= 11 is 0. The maximum atomic E-state index is 13.3. The molecule has 0 bridgehead atoms. The second-order valence-electron chi connectivity index (χ2n) is 5.92. The Morgan fingerprint density at radius 2 is 1.79 bits per heavy atom. The predicted octanol–water partition coefficient (Wildman–Crippen LogP) is 4.21. The topological polar surface area (TPSA) is 80.3 Å². The molecule has 4 atom stereocenters. The smallest absolute Gasteiger partial charge is 0.345 e. The van der Waals surface area contributed by atoms with E-state index < -0.39 is 26.5 Å². The molecule has 0 amide bonds. The fourth-order valence-corrected chi connectivity index (χ4v) is 10.0. The second kappa shape index (κ2) is 9.27. The van der Waals surface area contributed by atoms with Crippen molar-refractivity contribution in [3.05, 3.63) is 0 Å². The second-order valence-corrected chi connectivity index (χ2v) is 11.2. The molecule has 0 aromatic rings. The third kappa shape index (κ3) is 4.70. The van der Waals surface area contributed by atoms with Crippen LogP contribution in [0.5, 0.6) is 0 Å². The Morgan fingerprint density at radius 1 is 1.08 bits per heavy atom. The van der Waals surface area contributed by atoms with Crippen LogP contribution in [-0.2, 0) is 32.2 Å². The molecule has 7 nitrogen and oxygen atoms in total. The zero-order valence-corrected chi connectivity index (χ0v) is 16.6. The monoisotopic (exact) mass is 384 g/mol. The van der Waals surface area contributed by atoms with E-state index in [0.29, 0.717) is 25.8 Å². The van der Waals surface area contributed by atoms with E-state index in [1.165, 1.54) is 0 Å². The lowest BCUT2D eigenvalue weighted by Gasteiger charge is -2.33. The lowest BCUT2D eigenvalue weighted by molar-refractivity contribution is -0.185. The standard InChI is InChI=1S/C15H30O7P2/c1-4-19-23(16)12-10-13(22-14-9-7-8-11-18-14)15(23)24(17,20-5-2)21-6-3/h13-15H,4-12H2,1-3H3. The Bertz CT molecular complexity index is 468. The summed E-state index contributed by atoms with van der Waals surface area (Å²) in [7, 11) is -6.79. The van der Waals surface area contributed by atoms with Gasteiger partial charge in [-0.1, -0.05) is 0 Å². The molecule has 9 heteroatoms. The minimum absolute atomic E-state index is 0.215. The first-order valence-corrected chi connectivity index (χ1v) is 12.4. The quantitative estimate of drug-likeness (QED) is 0.551. The van der Waals surface area contributed by atoms with E-state index in [1.807, 2.05) is 0 Å². The molecule has 0 N–H and O–H groups in total. The van der Waals surface area contributed by atoms with Crippen LogP contribution in [0.15, 0.2) is 0 Å². The van der Waals surface area contributed by atoms with Gasteiger partial charge in [0.2, 0.25) is 7.37 Å². The highest BCUT2D eigenvalue weighted by atomic mass is 31.2. The molecule has 0 radical (unpaired) electrons. The van der Waals surface area contributed by atoms with Gasteiger partial charge >= 0.3 is 7.60 Å². The molecule has 0 aromatic heterocycles. The van der Waals surface area contributed by atoms with Gasteiger partial charge in [0.15, 0.2) is 11.7 Å². The summed E-state index contributed by atoms with van der Waals surface area (Å²) in [6, 6.07) is 0. The van der Waals surface area contributed by atoms with Crippen molar-refractivity contribution in [2.24, 2.45) is 0 Å². The van der Waals surface area contributed by atoms with E-state index in [9.17, 15) is 9.13 Å². The van der Waals surface area contributed by atoms with Crippen LogP contribution >= 0.6 is 15.0 Å². The van der Waals surface area contributed by atoms with Gasteiger partial charge in [0, 0.05) is 12.8 Å². The van der Waals surface area contributed by atoms with Crippen molar-refractivity contribution in [3.63, 3.8) is 0 Å². The van der Waals surface area contributed by atoms with Gasteiger partial charge in [0.05, 0.1) is 25.9 Å². The third-order valence-corrected chi connectivity index (χ3v) is 11.1. The summed E-state index contributed by atoms with van der Waals surface area (Å²) in [6.07, 6.45) is 2.81. The fourth-order valence-electron chi connectivity index (χ4n) is 3.32. The number of hydrogen-bond acceptors (Lipinski definition) is 7. The van der Waals surface area contributed by atoms with Crippen molar-refractivity contribution < 1.29 is 32.2 Å². The molecule has 0 spiro atoms. The number of ether oxygens (including phenoxy) is 2. The van der Waals surface area contributed by atoms with Gasteiger partial charge in [-0.3, -0.25) is 9.13 Å². The van der Waals surface area contributed by atoms with Gasteiger partial charge in [-0.05, 0) is 46.5 Å². The zero-order valence-electron chi connectivity index (χ0n) is 14.8. The van der Waals surface area contributed by atoms with Gasteiger partial charge in [0.25, 0.3) is 0 Å². The van der Waals surface area contributed by atoms with Gasteiger partial charge in [-0.2, -0.15) is 0 Å². The molecule has 2 aliphatic rings. The zero-order chi connectivity index (χ0) is 17.6. The van der Waals surface area contributed by atoms with Crippen LogP contribution in [0.25, 0.3) is 0 Å². The Balaban J connectivity index is 2.24. The van der Waals surface area contributed by atoms with Crippen molar-refractivity contribution in [2.75, 3.05) is 32.6 Å². The summed E-state index contributed by atoms with van der Waals surface area (Å²) < 4.78 is 54.8. The largest absolute Gasteiger partial charge is 0.353 e. The van der Waals surface area contributed by atoms with E-state index >= 15 is 0 Å². The SMILES string of the molecule is CCOP1(=O)CCC(OC2CCCCO2)C1P(=O)(OCC)OCC. The highest BCUT2D eigenvalue weighted by molar-refractivity contribution is 7.75. The molecular formula is C15H30O7P2. The van der Waals surface area contributed by atoms with E-state index in [2.05, 4.69) is 0 Å². The molecule has 2 fully saturated rings. The summed E-state index contributed by atoms with van der Waals surface area (Å²) in [4.78, 5) is 0. The van der Waals surface area contributed by atoms with Gasteiger partial charge in [0.1, 0.15) is 0 Å². The molecule has 142 valence electrons. The lowest BCUT2D eigenvalue weighted by Crippen LogP contribution is -2.33. The number of rotatable bonds is 9. The maximum absolute atomic E-state index is 13.3. The Morgan fingerprint density at radius 3 is 2.33 bits per heavy atom. The van der Waals surface area contributed by atoms with Crippen LogP contribution in [0.2, 0.25) is 0 Å². The molecule has 0 aliphatic carbocycles. The summed E-state index contributed by atoms with van der Waals surface area (Å²) in [5.41, 5.74) is 0. The normalized spacial score (nSPS) is 34.5. The lowest BCUT2D eigenvalue weighted by atomic mass is 10.2. The third-order valence-electron chi connectivity index (χ3n) is 4.22. The molecule has 4 unspecified atom stereocenters. The van der Waals surface area contributed by atoms with Gasteiger partial charge in [-0.25, -0.2) is 0 Å². The van der Waals surface area contributed by atoms with Crippen LogP contribution in [0.3, 0.4) is 0 Å². The van der Waals surface area contributed by atoms with Crippen molar-refractivity contribution in [2.45, 2.75) is 64.2 Å². The van der Waals surface area contributed by atoms with E-state index in [1.54, 1.807) is 20.8 Å². The van der Waals surface area contributed by atoms with Crippen LogP contribution in [0, 0.1) is 0 Å². The van der Waals surface area contributed by atoms with Crippen molar-refractivity contribution in [1.29, 1.82) is 0 Å². The average Bonchev–Trinajstić information content (AvgIpc) is 2.86. The summed E-state index contributed by atoms with van der Waals surface area (Å²) in [5.74, 6) is 0. The number of hydrogen-bond donors (Lipinski definition) is 0. The first-order valence-electron chi connectivity index (χ1n) is 8.88. The molecule has 0 aromatic carbocycles. The molecule has 0 saturated carbocycles. The first kappa shape index (κ1) is 20.6. The summed E-state index contributed by atoms with van der Waals surface area (Å²) in [6.45, 7) is 6.64. The molecule has 2 aliphatic heterocycles. The fraction of sp³-hybridized carbons (Fsp3) is 1.00. The van der Waals surface area contributed by atoms with E-state index in [0.717, 1.165) is 19.3 Å². The molecule has 24 heavy (non-hydrogen) atoms. The predicted molar refractivity (Wildman–Crippen MR) is 91.8 cm³/mol. The summed E-state index contributed by atoms with van der Waals surface area (Å²) in [5, 5.41) is -0.879. The first-order chi connectivity index (χ1) is 11.5. The maximum Gasteiger partial charge on any atom is 0.345 e. The molecule has 2 heterocycles. The van der Waals surface area contributed by atoms with Crippen LogP contribution < -0.4 is 0 Å². The highest BCUT2D eigenvalue weighted by Gasteiger charge is 2.58. The van der Waals surface area contributed by atoms with Crippen molar-refractivity contribution in [3.8, 4) is 0 Å². The van der Waals surface area contributed by atoms with Crippen LogP contribution in [0.4, 0.5) is 0 Å². The van der Waals surface area contributed by atoms with E-state index in [-0.39, 0.29) is 19.5 Å². The van der Waals surface area contributed by atoms with Gasteiger partial charge in [-0.15, -0.1) is 0 Å². The molecule has 2 rings (SSSR count). The highest BCUT2D eigenvalue weighted by Crippen LogP contribution is 2.74. The van der Waals surface area contributed by atoms with Crippen molar-refractivity contribution >= 4 is 15.0 Å². The van der Waals surface area contributed by atoms with E-state index in [4.69, 9.17) is 23.0 Å². The molecule has 2 saturated heterocycles. The average molecular weight is 384 g/mol. The van der Waals surface area contributed by atoms with Crippen LogP contribution in [0.1, 0.15) is 46.5 Å². The molecular weight excluding hydrogens is 354 g/mol. The van der Waals surface area contributed by atoms with Crippen LogP contribution in [-0.4, -0.2) is 50.4 Å².